The van der Waals surface area contributed by atoms with Crippen LogP contribution in [0.1, 0.15) is 43.7 Å². The Kier molecular flexibility index (Phi) is 13.7. The lowest BCUT2D eigenvalue weighted by Gasteiger charge is -2.29. The highest BCUT2D eigenvalue weighted by Gasteiger charge is 2.35. The fourth-order valence-electron chi connectivity index (χ4n) is 4.15. The molecule has 230 valence electrons. The molecule has 0 unspecified atom stereocenters. The van der Waals surface area contributed by atoms with Gasteiger partial charge in [0.1, 0.15) is 18.1 Å². The first-order valence-corrected chi connectivity index (χ1v) is 15.1. The number of rotatable bonds is 17. The van der Waals surface area contributed by atoms with Gasteiger partial charge in [0.05, 0.1) is 4.90 Å². The normalized spacial score (nSPS) is 13.5. The minimum absolute atomic E-state index is 0.0387. The maximum absolute atomic E-state index is 13.7. The third-order valence-electron chi connectivity index (χ3n) is 6.45. The van der Waals surface area contributed by atoms with Gasteiger partial charge in [0.15, 0.2) is 5.96 Å². The molecule has 0 bridgehead atoms. The highest BCUT2D eigenvalue weighted by Crippen LogP contribution is 2.22. The molecule has 0 radical (unpaired) electrons. The van der Waals surface area contributed by atoms with Crippen LogP contribution in [-0.4, -0.2) is 68.6 Å². The molecule has 10 N–H and O–H groups in total. The Morgan fingerprint density at radius 2 is 1.55 bits per heavy atom. The highest BCUT2D eigenvalue weighted by atomic mass is 35.5. The highest BCUT2D eigenvalue weighted by molar-refractivity contribution is 7.89. The topological polar surface area (TPSA) is 229 Å². The Labute approximate surface area is 251 Å². The number of likely N-dealkylation sites (N-methyl/N-ethyl adjacent to an activating group) is 1. The van der Waals surface area contributed by atoms with Crippen molar-refractivity contribution in [3.63, 3.8) is 0 Å². The largest absolute Gasteiger partial charge is 0.370 e. The number of aliphatic imine (C=N–C) groups is 1. The molecule has 0 saturated carbocycles. The first-order chi connectivity index (χ1) is 19.9. The molecule has 15 heteroatoms. The van der Waals surface area contributed by atoms with Crippen molar-refractivity contribution < 1.29 is 22.8 Å². The smallest absolute Gasteiger partial charge is 0.244 e. The second-order valence-electron chi connectivity index (χ2n) is 9.54. The van der Waals surface area contributed by atoms with Gasteiger partial charge in [0.2, 0.25) is 27.7 Å². The van der Waals surface area contributed by atoms with E-state index in [2.05, 4.69) is 15.6 Å². The lowest BCUT2D eigenvalue weighted by molar-refractivity contribution is -0.132. The number of unbranched alkanes of at least 4 members (excludes halogenated alkanes) is 1. The number of nitrogens with one attached hydrogen (secondary N) is 2. The summed E-state index contributed by atoms with van der Waals surface area (Å²) in [6.07, 6.45) is 1.54. The summed E-state index contributed by atoms with van der Waals surface area (Å²) < 4.78 is 27.8. The summed E-state index contributed by atoms with van der Waals surface area (Å²) in [4.78, 5) is 43.1. The Morgan fingerprint density at radius 1 is 0.905 bits per heavy atom. The number of carbonyl (C=O) groups is 3. The molecule has 0 aliphatic carbocycles. The lowest BCUT2D eigenvalue weighted by atomic mass is 10.0. The van der Waals surface area contributed by atoms with E-state index in [4.69, 9.17) is 34.5 Å². The minimum Gasteiger partial charge on any atom is -0.370 e. The van der Waals surface area contributed by atoms with Crippen molar-refractivity contribution >= 4 is 45.3 Å². The van der Waals surface area contributed by atoms with Crippen LogP contribution in [0.5, 0.6) is 0 Å². The van der Waals surface area contributed by atoms with Crippen molar-refractivity contribution in [1.82, 2.24) is 14.9 Å². The van der Waals surface area contributed by atoms with Crippen LogP contribution in [-0.2, 0) is 24.4 Å². The molecule has 0 spiro atoms. The Bertz CT molecular complexity index is 1320. The van der Waals surface area contributed by atoms with E-state index in [1.165, 1.54) is 31.3 Å². The van der Waals surface area contributed by atoms with Crippen LogP contribution in [0.3, 0.4) is 0 Å². The van der Waals surface area contributed by atoms with Gasteiger partial charge >= 0.3 is 0 Å². The molecule has 0 aromatic heterocycles. The molecule has 3 amide bonds. The maximum atomic E-state index is 13.7. The monoisotopic (exact) mass is 622 g/mol. The number of carbonyl (C=O) groups excluding carboxylic acids is 3. The van der Waals surface area contributed by atoms with Crippen LogP contribution >= 0.6 is 11.6 Å². The van der Waals surface area contributed by atoms with Crippen molar-refractivity contribution in [2.45, 2.75) is 55.1 Å². The van der Waals surface area contributed by atoms with Gasteiger partial charge < -0.3 is 33.6 Å². The van der Waals surface area contributed by atoms with Gasteiger partial charge in [-0.15, -0.1) is 0 Å². The average molecular weight is 623 g/mol. The standard InChI is InChI=1S/C27H39ClN8O5S/c1-36(42(40,41)20-14-12-19(28)13-15-20)22(11-7-17-33-27(31)32)26(39)34-21(10-5-6-16-29)25(38)35-23(24(30)37)18-8-3-2-4-9-18/h2-4,8-9,12-15,21-23H,5-7,10-11,16-17,29H2,1H3,(H2,30,37)(H,34,39)(H,35,38)(H4,31,32,33)/t21-,22-,23+/m0/s1. The van der Waals surface area contributed by atoms with E-state index >= 15 is 0 Å². The van der Waals surface area contributed by atoms with Crippen molar-refractivity contribution in [2.24, 2.45) is 27.9 Å². The van der Waals surface area contributed by atoms with Crippen molar-refractivity contribution in [2.75, 3.05) is 20.1 Å². The summed E-state index contributed by atoms with van der Waals surface area (Å²) in [5.74, 6) is -2.30. The van der Waals surface area contributed by atoms with E-state index in [9.17, 15) is 22.8 Å². The van der Waals surface area contributed by atoms with Gasteiger partial charge in [-0.25, -0.2) is 8.42 Å². The van der Waals surface area contributed by atoms with Gasteiger partial charge in [-0.3, -0.25) is 19.4 Å². The predicted molar refractivity (Wildman–Crippen MR) is 161 cm³/mol. The number of amides is 3. The van der Waals surface area contributed by atoms with Crippen LogP contribution in [0.15, 0.2) is 64.5 Å². The van der Waals surface area contributed by atoms with Crippen LogP contribution in [0.2, 0.25) is 5.02 Å². The third kappa shape index (κ3) is 10.3. The van der Waals surface area contributed by atoms with Crippen LogP contribution < -0.4 is 33.6 Å². The number of guanidine groups is 1. The zero-order valence-electron chi connectivity index (χ0n) is 23.4. The van der Waals surface area contributed by atoms with Crippen molar-refractivity contribution in [3.8, 4) is 0 Å². The van der Waals surface area contributed by atoms with Crippen LogP contribution in [0.4, 0.5) is 0 Å². The molecule has 0 fully saturated rings. The van der Waals surface area contributed by atoms with E-state index in [1.54, 1.807) is 30.3 Å². The summed E-state index contributed by atoms with van der Waals surface area (Å²) in [6, 6.07) is 10.5. The molecule has 0 saturated heterocycles. The summed E-state index contributed by atoms with van der Waals surface area (Å²) >= 11 is 5.92. The predicted octanol–water partition coefficient (Wildman–Crippen LogP) is 0.339. The summed E-state index contributed by atoms with van der Waals surface area (Å²) in [5, 5.41) is 5.64. The first kappa shape index (κ1) is 34.5. The van der Waals surface area contributed by atoms with Gasteiger partial charge in [-0.05, 0) is 68.5 Å². The zero-order valence-corrected chi connectivity index (χ0v) is 25.0. The van der Waals surface area contributed by atoms with Crippen molar-refractivity contribution in [1.29, 1.82) is 0 Å². The van der Waals surface area contributed by atoms with E-state index in [-0.39, 0.29) is 36.7 Å². The second kappa shape index (κ2) is 16.7. The van der Waals surface area contributed by atoms with Crippen molar-refractivity contribution in [3.05, 3.63) is 65.2 Å². The Hall–Kier alpha value is -3.72. The summed E-state index contributed by atoms with van der Waals surface area (Å²) in [6.45, 7) is 0.518. The number of nitrogens with two attached hydrogens (primary N) is 4. The Morgan fingerprint density at radius 3 is 2.12 bits per heavy atom. The molecule has 13 nitrogen and oxygen atoms in total. The number of hydrogen-bond donors (Lipinski definition) is 6. The fourth-order valence-corrected chi connectivity index (χ4v) is 5.62. The van der Waals surface area contributed by atoms with Gasteiger partial charge in [0.25, 0.3) is 0 Å². The first-order valence-electron chi connectivity index (χ1n) is 13.3. The molecule has 0 aliphatic rings. The number of hydrogen-bond acceptors (Lipinski definition) is 7. The molecule has 2 aromatic rings. The summed E-state index contributed by atoms with van der Waals surface area (Å²) in [7, 11) is -2.87. The number of halogens is 1. The van der Waals surface area contributed by atoms with Gasteiger partial charge in [-0.2, -0.15) is 4.31 Å². The van der Waals surface area contributed by atoms with Gasteiger partial charge in [0, 0.05) is 18.6 Å². The van der Waals surface area contributed by atoms with Crippen LogP contribution in [0.25, 0.3) is 0 Å². The Balaban J connectivity index is 2.35. The minimum atomic E-state index is -4.15. The SMILES string of the molecule is CN([C@@H](CCCN=C(N)N)C(=O)N[C@@H](CCCCN)C(=O)N[C@@H](C(N)=O)c1ccccc1)S(=O)(=O)c1ccc(Cl)cc1. The van der Waals surface area contributed by atoms with Crippen LogP contribution in [0, 0.1) is 0 Å². The molecule has 42 heavy (non-hydrogen) atoms. The molecule has 2 aromatic carbocycles. The second-order valence-corrected chi connectivity index (χ2v) is 12.0. The zero-order chi connectivity index (χ0) is 31.3. The molecule has 0 aliphatic heterocycles. The molecule has 2 rings (SSSR count). The number of sulfonamides is 1. The quantitative estimate of drug-likeness (QED) is 0.0816. The molecule has 3 atom stereocenters. The number of primary amides is 1. The van der Waals surface area contributed by atoms with E-state index in [1.807, 2.05) is 0 Å². The fraction of sp³-hybridized carbons (Fsp3) is 0.407. The summed E-state index contributed by atoms with van der Waals surface area (Å²) in [5.41, 5.74) is 22.4. The van der Waals surface area contributed by atoms with E-state index in [0.29, 0.717) is 30.0 Å². The molecular weight excluding hydrogens is 584 g/mol. The molecular formula is C27H39ClN8O5S. The van der Waals surface area contributed by atoms with E-state index < -0.39 is 45.9 Å². The van der Waals surface area contributed by atoms with E-state index in [0.717, 1.165) is 4.31 Å². The number of benzene rings is 2. The number of nitrogens with zero attached hydrogens (tertiary/aromatic N) is 2. The lowest BCUT2D eigenvalue weighted by Crippen LogP contribution is -2.55. The maximum Gasteiger partial charge on any atom is 0.244 e. The average Bonchev–Trinajstić information content (AvgIpc) is 2.95. The third-order valence-corrected chi connectivity index (χ3v) is 8.58. The van der Waals surface area contributed by atoms with Gasteiger partial charge in [-0.1, -0.05) is 41.9 Å². The molecule has 0 heterocycles.